The maximum atomic E-state index is 13.3. The van der Waals surface area contributed by atoms with E-state index < -0.39 is 0 Å². The Bertz CT molecular complexity index is 1030. The maximum Gasteiger partial charge on any atom is 0.251 e. The first-order chi connectivity index (χ1) is 16.0. The van der Waals surface area contributed by atoms with Crippen LogP contribution >= 0.6 is 0 Å². The monoisotopic (exact) mass is 446 g/mol. The highest BCUT2D eigenvalue weighted by Crippen LogP contribution is 2.26. The van der Waals surface area contributed by atoms with E-state index in [0.717, 1.165) is 37.6 Å². The number of benzene rings is 3. The summed E-state index contributed by atoms with van der Waals surface area (Å²) in [6.07, 6.45) is 0. The standard InChI is InChI=1S/C27H31FN4O/c1-30(2)24-12-8-21(9-13-24)26(20-29-27(33)22-6-4-3-5-7-22)32-18-16-31(17-19-32)25-14-10-23(28)11-15-25/h3-15,26H,16-20H2,1-2H3,(H,29,33)/t26-/m0/s1. The van der Waals surface area contributed by atoms with Crippen LogP contribution in [0.3, 0.4) is 0 Å². The van der Waals surface area contributed by atoms with Crippen molar-refractivity contribution >= 4 is 17.3 Å². The van der Waals surface area contributed by atoms with Crippen LogP contribution in [0.5, 0.6) is 0 Å². The molecule has 1 N–H and O–H groups in total. The van der Waals surface area contributed by atoms with Crippen LogP contribution in [0.4, 0.5) is 15.8 Å². The number of nitrogens with zero attached hydrogens (tertiary/aromatic N) is 3. The van der Waals surface area contributed by atoms with E-state index in [0.29, 0.717) is 12.1 Å². The highest BCUT2D eigenvalue weighted by molar-refractivity contribution is 5.94. The Labute approximate surface area is 195 Å². The van der Waals surface area contributed by atoms with Crippen LogP contribution in [0.15, 0.2) is 78.9 Å². The van der Waals surface area contributed by atoms with E-state index in [1.54, 1.807) is 0 Å². The first-order valence-corrected chi connectivity index (χ1v) is 11.4. The quantitative estimate of drug-likeness (QED) is 0.591. The summed E-state index contributed by atoms with van der Waals surface area (Å²) < 4.78 is 13.3. The highest BCUT2D eigenvalue weighted by atomic mass is 19.1. The fraction of sp³-hybridized carbons (Fsp3) is 0.296. The van der Waals surface area contributed by atoms with E-state index in [1.807, 2.05) is 56.6 Å². The molecule has 1 atom stereocenters. The normalized spacial score (nSPS) is 15.2. The molecule has 0 saturated carbocycles. The van der Waals surface area contributed by atoms with Crippen molar-refractivity contribution < 1.29 is 9.18 Å². The maximum absolute atomic E-state index is 13.3. The van der Waals surface area contributed by atoms with Gasteiger partial charge in [-0.1, -0.05) is 30.3 Å². The Kier molecular flexibility index (Phi) is 7.25. The summed E-state index contributed by atoms with van der Waals surface area (Å²) in [4.78, 5) is 19.5. The highest BCUT2D eigenvalue weighted by Gasteiger charge is 2.26. The fourth-order valence-electron chi connectivity index (χ4n) is 4.28. The third-order valence-electron chi connectivity index (χ3n) is 6.23. The molecule has 1 heterocycles. The minimum absolute atomic E-state index is 0.0598. The summed E-state index contributed by atoms with van der Waals surface area (Å²) in [5.74, 6) is -0.275. The number of carbonyl (C=O) groups excluding carboxylic acids is 1. The molecule has 0 aromatic heterocycles. The van der Waals surface area contributed by atoms with E-state index in [2.05, 4.69) is 44.3 Å². The van der Waals surface area contributed by atoms with Crippen molar-refractivity contribution in [2.45, 2.75) is 6.04 Å². The summed E-state index contributed by atoms with van der Waals surface area (Å²) in [5.41, 5.74) is 4.04. The van der Waals surface area contributed by atoms with Gasteiger partial charge in [-0.15, -0.1) is 0 Å². The number of amides is 1. The minimum atomic E-state index is -0.215. The number of halogens is 1. The first-order valence-electron chi connectivity index (χ1n) is 11.4. The van der Waals surface area contributed by atoms with Gasteiger partial charge in [-0.25, -0.2) is 4.39 Å². The number of piperazine rings is 1. The molecule has 3 aromatic rings. The molecule has 0 unspecified atom stereocenters. The molecule has 3 aromatic carbocycles. The second-order valence-corrected chi connectivity index (χ2v) is 8.58. The number of rotatable bonds is 7. The first kappa shape index (κ1) is 22.8. The third kappa shape index (κ3) is 5.71. The Morgan fingerprint density at radius 3 is 2.15 bits per heavy atom. The molecule has 33 heavy (non-hydrogen) atoms. The number of anilines is 2. The topological polar surface area (TPSA) is 38.8 Å². The van der Waals surface area contributed by atoms with E-state index in [4.69, 9.17) is 0 Å². The van der Waals surface area contributed by atoms with Gasteiger partial charge in [0.2, 0.25) is 0 Å². The molecular formula is C27H31FN4O. The van der Waals surface area contributed by atoms with Gasteiger partial charge in [-0.2, -0.15) is 0 Å². The van der Waals surface area contributed by atoms with E-state index in [-0.39, 0.29) is 17.8 Å². The molecule has 5 nitrogen and oxygen atoms in total. The lowest BCUT2D eigenvalue weighted by Gasteiger charge is -2.40. The van der Waals surface area contributed by atoms with Crippen LogP contribution in [0.2, 0.25) is 0 Å². The summed E-state index contributed by atoms with van der Waals surface area (Å²) in [6.45, 7) is 3.96. The lowest BCUT2D eigenvalue weighted by molar-refractivity contribution is 0.0930. The van der Waals surface area contributed by atoms with Crippen molar-refractivity contribution in [3.63, 3.8) is 0 Å². The van der Waals surface area contributed by atoms with Crippen molar-refractivity contribution in [2.75, 3.05) is 56.6 Å². The molecule has 172 valence electrons. The van der Waals surface area contributed by atoms with Crippen molar-refractivity contribution in [1.29, 1.82) is 0 Å². The van der Waals surface area contributed by atoms with Crippen LogP contribution < -0.4 is 15.1 Å². The van der Waals surface area contributed by atoms with Gasteiger partial charge >= 0.3 is 0 Å². The lowest BCUT2D eigenvalue weighted by atomic mass is 10.0. The molecule has 0 bridgehead atoms. The molecule has 0 spiro atoms. The molecule has 0 radical (unpaired) electrons. The van der Waals surface area contributed by atoms with Crippen molar-refractivity contribution in [3.8, 4) is 0 Å². The second-order valence-electron chi connectivity index (χ2n) is 8.58. The van der Waals surface area contributed by atoms with Crippen LogP contribution in [0, 0.1) is 5.82 Å². The zero-order valence-corrected chi connectivity index (χ0v) is 19.2. The van der Waals surface area contributed by atoms with Gasteiger partial charge < -0.3 is 15.1 Å². The molecule has 1 aliphatic heterocycles. The van der Waals surface area contributed by atoms with Crippen LogP contribution in [0.1, 0.15) is 22.0 Å². The third-order valence-corrected chi connectivity index (χ3v) is 6.23. The molecule has 6 heteroatoms. The van der Waals surface area contributed by atoms with Crippen molar-refractivity contribution in [3.05, 3.63) is 95.8 Å². The second kappa shape index (κ2) is 10.5. The summed E-state index contributed by atoms with van der Waals surface area (Å²) in [5, 5.41) is 3.14. The summed E-state index contributed by atoms with van der Waals surface area (Å²) in [6, 6.07) is 24.6. The number of hydrogen-bond acceptors (Lipinski definition) is 4. The summed E-state index contributed by atoms with van der Waals surface area (Å²) >= 11 is 0. The zero-order valence-electron chi connectivity index (χ0n) is 19.2. The van der Waals surface area contributed by atoms with Gasteiger partial charge in [0.25, 0.3) is 5.91 Å². The molecule has 4 rings (SSSR count). The van der Waals surface area contributed by atoms with Crippen LogP contribution in [-0.2, 0) is 0 Å². The number of carbonyl (C=O) groups is 1. The Morgan fingerprint density at radius 1 is 0.909 bits per heavy atom. The average molecular weight is 447 g/mol. The minimum Gasteiger partial charge on any atom is -0.378 e. The van der Waals surface area contributed by atoms with Gasteiger partial charge in [0, 0.05) is 63.8 Å². The Hall–Kier alpha value is -3.38. The molecule has 0 aliphatic carbocycles. The van der Waals surface area contributed by atoms with E-state index in [1.165, 1.54) is 17.7 Å². The summed E-state index contributed by atoms with van der Waals surface area (Å²) in [7, 11) is 4.06. The SMILES string of the molecule is CN(C)c1ccc([C@H](CNC(=O)c2ccccc2)N2CCN(c3ccc(F)cc3)CC2)cc1. The predicted octanol–water partition coefficient (Wildman–Crippen LogP) is 4.19. The molecular weight excluding hydrogens is 415 g/mol. The van der Waals surface area contributed by atoms with Gasteiger partial charge in [0.15, 0.2) is 0 Å². The van der Waals surface area contributed by atoms with Crippen molar-refractivity contribution in [2.24, 2.45) is 0 Å². The van der Waals surface area contributed by atoms with Gasteiger partial charge in [-0.05, 0) is 54.1 Å². The smallest absolute Gasteiger partial charge is 0.251 e. The fourth-order valence-corrected chi connectivity index (χ4v) is 4.28. The predicted molar refractivity (Wildman–Crippen MR) is 132 cm³/mol. The van der Waals surface area contributed by atoms with E-state index >= 15 is 0 Å². The van der Waals surface area contributed by atoms with E-state index in [9.17, 15) is 9.18 Å². The molecule has 1 amide bonds. The Morgan fingerprint density at radius 2 is 1.55 bits per heavy atom. The molecule has 1 fully saturated rings. The van der Waals surface area contributed by atoms with Gasteiger partial charge in [-0.3, -0.25) is 9.69 Å². The van der Waals surface area contributed by atoms with Crippen LogP contribution in [-0.4, -0.2) is 57.6 Å². The number of hydrogen-bond donors (Lipinski definition) is 1. The largest absolute Gasteiger partial charge is 0.378 e. The average Bonchev–Trinajstić information content (AvgIpc) is 2.86. The molecule has 1 saturated heterocycles. The van der Waals surface area contributed by atoms with Gasteiger partial charge in [0.1, 0.15) is 5.82 Å². The van der Waals surface area contributed by atoms with Crippen molar-refractivity contribution in [1.82, 2.24) is 10.2 Å². The van der Waals surface area contributed by atoms with Gasteiger partial charge in [0.05, 0.1) is 6.04 Å². The molecule has 1 aliphatic rings. The zero-order chi connectivity index (χ0) is 23.2. The van der Waals surface area contributed by atoms with Crippen LogP contribution in [0.25, 0.3) is 0 Å². The number of nitrogens with one attached hydrogen (secondary N) is 1. The Balaban J connectivity index is 1.47. The lowest BCUT2D eigenvalue weighted by Crippen LogP contribution is -2.50.